The zero-order valence-electron chi connectivity index (χ0n) is 11.3. The molecule has 0 aliphatic carbocycles. The summed E-state index contributed by atoms with van der Waals surface area (Å²) in [4.78, 5) is 18.5. The molecular weight excluding hydrogens is 244 g/mol. The predicted molar refractivity (Wildman–Crippen MR) is 68.6 cm³/mol. The van der Waals surface area contributed by atoms with E-state index in [4.69, 9.17) is 4.52 Å². The molecular formula is C13H20N4O2. The van der Waals surface area contributed by atoms with Crippen molar-refractivity contribution in [3.63, 3.8) is 0 Å². The molecule has 2 saturated heterocycles. The van der Waals surface area contributed by atoms with Gasteiger partial charge in [-0.2, -0.15) is 4.98 Å². The Morgan fingerprint density at radius 1 is 1.37 bits per heavy atom. The first-order chi connectivity index (χ1) is 9.24. The number of hydrogen-bond donors (Lipinski definition) is 1. The Morgan fingerprint density at radius 2 is 2.16 bits per heavy atom. The third kappa shape index (κ3) is 2.63. The Kier molecular flexibility index (Phi) is 3.50. The molecule has 6 nitrogen and oxygen atoms in total. The van der Waals surface area contributed by atoms with Gasteiger partial charge >= 0.3 is 0 Å². The number of piperidine rings is 1. The highest BCUT2D eigenvalue weighted by molar-refractivity contribution is 5.82. The van der Waals surface area contributed by atoms with Gasteiger partial charge in [-0.05, 0) is 39.2 Å². The van der Waals surface area contributed by atoms with Crippen LogP contribution in [-0.4, -0.2) is 46.6 Å². The number of likely N-dealkylation sites (tertiary alicyclic amines) is 1. The van der Waals surface area contributed by atoms with Crippen LogP contribution in [0.5, 0.6) is 0 Å². The summed E-state index contributed by atoms with van der Waals surface area (Å²) in [5.74, 6) is 1.98. The normalized spacial score (nSPS) is 24.9. The molecule has 0 radical (unpaired) electrons. The minimum absolute atomic E-state index is 0.0437. The molecule has 1 aromatic heterocycles. The fourth-order valence-electron chi connectivity index (χ4n) is 2.94. The molecule has 1 unspecified atom stereocenters. The van der Waals surface area contributed by atoms with Gasteiger partial charge in [0.15, 0.2) is 5.82 Å². The van der Waals surface area contributed by atoms with Gasteiger partial charge < -0.3 is 14.7 Å². The summed E-state index contributed by atoms with van der Waals surface area (Å²) in [5, 5.41) is 7.10. The third-order valence-corrected chi connectivity index (χ3v) is 4.06. The summed E-state index contributed by atoms with van der Waals surface area (Å²) in [6, 6.07) is 0.0437. The van der Waals surface area contributed by atoms with Crippen LogP contribution in [0.25, 0.3) is 0 Å². The van der Waals surface area contributed by atoms with Crippen molar-refractivity contribution < 1.29 is 9.32 Å². The van der Waals surface area contributed by atoms with Gasteiger partial charge in [0.2, 0.25) is 11.8 Å². The monoisotopic (exact) mass is 264 g/mol. The van der Waals surface area contributed by atoms with Crippen LogP contribution in [0, 0.1) is 6.92 Å². The van der Waals surface area contributed by atoms with Crippen molar-refractivity contribution in [3.8, 4) is 0 Å². The minimum Gasteiger partial charge on any atom is -0.341 e. The zero-order chi connectivity index (χ0) is 13.2. The highest BCUT2D eigenvalue weighted by atomic mass is 16.5. The van der Waals surface area contributed by atoms with Gasteiger partial charge in [-0.15, -0.1) is 0 Å². The summed E-state index contributed by atoms with van der Waals surface area (Å²) in [5.41, 5.74) is 0. The van der Waals surface area contributed by atoms with E-state index in [1.807, 2.05) is 11.8 Å². The number of rotatable bonds is 2. The van der Waals surface area contributed by atoms with E-state index in [9.17, 15) is 4.79 Å². The summed E-state index contributed by atoms with van der Waals surface area (Å²) < 4.78 is 5.22. The molecule has 3 heterocycles. The van der Waals surface area contributed by atoms with E-state index in [1.165, 1.54) is 0 Å². The van der Waals surface area contributed by atoms with Gasteiger partial charge in [0.25, 0.3) is 0 Å². The average Bonchev–Trinajstić information content (AvgIpc) is 3.09. The van der Waals surface area contributed by atoms with Crippen molar-refractivity contribution >= 4 is 5.91 Å². The summed E-state index contributed by atoms with van der Waals surface area (Å²) in [6.45, 7) is 4.39. The lowest BCUT2D eigenvalue weighted by Crippen LogP contribution is -2.46. The van der Waals surface area contributed by atoms with E-state index >= 15 is 0 Å². The van der Waals surface area contributed by atoms with Crippen LogP contribution in [0.2, 0.25) is 0 Å². The topological polar surface area (TPSA) is 71.3 Å². The maximum atomic E-state index is 12.3. The number of aryl methyl sites for hydroxylation is 1. The van der Waals surface area contributed by atoms with Crippen LogP contribution in [-0.2, 0) is 4.79 Å². The number of nitrogens with zero attached hydrogens (tertiary/aromatic N) is 3. The minimum atomic E-state index is 0.0437. The average molecular weight is 264 g/mol. The number of hydrogen-bond acceptors (Lipinski definition) is 5. The molecule has 2 aliphatic rings. The van der Waals surface area contributed by atoms with Gasteiger partial charge in [-0.1, -0.05) is 5.16 Å². The number of nitrogens with one attached hydrogen (secondary N) is 1. The molecule has 6 heteroatoms. The lowest BCUT2D eigenvalue weighted by molar-refractivity contribution is -0.134. The molecule has 1 amide bonds. The maximum absolute atomic E-state index is 12.3. The molecule has 104 valence electrons. The molecule has 2 fully saturated rings. The van der Waals surface area contributed by atoms with Crippen LogP contribution in [0.4, 0.5) is 0 Å². The highest BCUT2D eigenvalue weighted by Gasteiger charge is 2.31. The molecule has 0 aromatic carbocycles. The standard InChI is InChI=1S/C13H20N4O2/c1-9-15-12(19-16-9)10-4-7-17(8-5-10)13(18)11-3-2-6-14-11/h10-11,14H,2-8H2,1H3. The van der Waals surface area contributed by atoms with Crippen molar-refractivity contribution in [2.75, 3.05) is 19.6 Å². The number of amides is 1. The van der Waals surface area contributed by atoms with Gasteiger partial charge in [0.05, 0.1) is 6.04 Å². The summed E-state index contributed by atoms with van der Waals surface area (Å²) >= 11 is 0. The van der Waals surface area contributed by atoms with Crippen molar-refractivity contribution in [2.45, 2.75) is 44.6 Å². The van der Waals surface area contributed by atoms with Crippen LogP contribution < -0.4 is 5.32 Å². The van der Waals surface area contributed by atoms with E-state index in [0.717, 1.165) is 51.2 Å². The van der Waals surface area contributed by atoms with Crippen LogP contribution in [0.1, 0.15) is 43.3 Å². The quantitative estimate of drug-likeness (QED) is 0.857. The second-order valence-electron chi connectivity index (χ2n) is 5.43. The first-order valence-electron chi connectivity index (χ1n) is 7.06. The SMILES string of the molecule is Cc1noc(C2CCN(C(=O)C3CCCN3)CC2)n1. The Balaban J connectivity index is 1.55. The Bertz CT molecular complexity index is 445. The van der Waals surface area contributed by atoms with E-state index in [2.05, 4.69) is 15.5 Å². The van der Waals surface area contributed by atoms with Crippen molar-refractivity contribution in [2.24, 2.45) is 0 Å². The fraction of sp³-hybridized carbons (Fsp3) is 0.769. The smallest absolute Gasteiger partial charge is 0.239 e. The van der Waals surface area contributed by atoms with Gasteiger partial charge in [-0.3, -0.25) is 4.79 Å². The summed E-state index contributed by atoms with van der Waals surface area (Å²) in [7, 11) is 0. The van der Waals surface area contributed by atoms with Crippen LogP contribution >= 0.6 is 0 Å². The van der Waals surface area contributed by atoms with E-state index < -0.39 is 0 Å². The van der Waals surface area contributed by atoms with Gasteiger partial charge in [-0.25, -0.2) is 0 Å². The maximum Gasteiger partial charge on any atom is 0.239 e. The van der Waals surface area contributed by atoms with E-state index in [0.29, 0.717) is 11.7 Å². The van der Waals surface area contributed by atoms with E-state index in [-0.39, 0.29) is 11.9 Å². The zero-order valence-corrected chi connectivity index (χ0v) is 11.3. The first-order valence-corrected chi connectivity index (χ1v) is 7.06. The summed E-state index contributed by atoms with van der Waals surface area (Å²) in [6.07, 6.45) is 3.91. The molecule has 2 aliphatic heterocycles. The largest absolute Gasteiger partial charge is 0.341 e. The lowest BCUT2D eigenvalue weighted by atomic mass is 9.96. The molecule has 19 heavy (non-hydrogen) atoms. The van der Waals surface area contributed by atoms with E-state index in [1.54, 1.807) is 0 Å². The molecule has 1 N–H and O–H groups in total. The molecule has 0 saturated carbocycles. The number of carbonyl (C=O) groups is 1. The Hall–Kier alpha value is -1.43. The number of carbonyl (C=O) groups excluding carboxylic acids is 1. The highest BCUT2D eigenvalue weighted by Crippen LogP contribution is 2.27. The van der Waals surface area contributed by atoms with Crippen LogP contribution in [0.3, 0.4) is 0 Å². The molecule has 0 bridgehead atoms. The van der Waals surface area contributed by atoms with Crippen LogP contribution in [0.15, 0.2) is 4.52 Å². The Morgan fingerprint density at radius 3 is 2.74 bits per heavy atom. The lowest BCUT2D eigenvalue weighted by Gasteiger charge is -2.32. The molecule has 0 spiro atoms. The number of aromatic nitrogens is 2. The fourth-order valence-corrected chi connectivity index (χ4v) is 2.94. The third-order valence-electron chi connectivity index (χ3n) is 4.06. The van der Waals surface area contributed by atoms with Crippen molar-refractivity contribution in [3.05, 3.63) is 11.7 Å². The second-order valence-corrected chi connectivity index (χ2v) is 5.43. The predicted octanol–water partition coefficient (Wildman–Crippen LogP) is 0.836. The van der Waals surface area contributed by atoms with Crippen molar-refractivity contribution in [1.29, 1.82) is 0 Å². The molecule has 1 aromatic rings. The first kappa shape index (κ1) is 12.6. The Labute approximate surface area is 112 Å². The van der Waals surface area contributed by atoms with Gasteiger partial charge in [0.1, 0.15) is 0 Å². The van der Waals surface area contributed by atoms with Gasteiger partial charge in [0, 0.05) is 19.0 Å². The molecule has 1 atom stereocenters. The van der Waals surface area contributed by atoms with Crippen molar-refractivity contribution in [1.82, 2.24) is 20.4 Å². The second kappa shape index (κ2) is 5.28. The molecule has 3 rings (SSSR count).